The number of hydrogen-bond acceptors (Lipinski definition) is 4. The molecule has 0 saturated heterocycles. The lowest BCUT2D eigenvalue weighted by molar-refractivity contribution is -0.140. The Labute approximate surface area is 252 Å². The summed E-state index contributed by atoms with van der Waals surface area (Å²) in [5.41, 5.74) is 2.87. The molecule has 0 bridgehead atoms. The third kappa shape index (κ3) is 8.47. The zero-order valence-corrected chi connectivity index (χ0v) is 25.6. The molecule has 0 spiro atoms. The van der Waals surface area contributed by atoms with E-state index in [1.54, 1.807) is 0 Å². The van der Waals surface area contributed by atoms with Crippen molar-refractivity contribution in [2.24, 2.45) is 0 Å². The SMILES string of the molecule is Cc1cccc(CN(C(=O)CN(c2ccc(Cl)cc2Cl)S(C)(=O)=O)C(Cc2ccccc2)C(=O)NC2CCCC2)c1. The van der Waals surface area contributed by atoms with Gasteiger partial charge in [-0.05, 0) is 49.1 Å². The molecule has 10 heteroatoms. The molecule has 1 unspecified atom stereocenters. The van der Waals surface area contributed by atoms with E-state index in [1.165, 1.54) is 23.1 Å². The van der Waals surface area contributed by atoms with Crippen molar-refractivity contribution in [3.63, 3.8) is 0 Å². The van der Waals surface area contributed by atoms with Crippen LogP contribution in [0, 0.1) is 6.92 Å². The smallest absolute Gasteiger partial charge is 0.244 e. The summed E-state index contributed by atoms with van der Waals surface area (Å²) < 4.78 is 26.8. The Balaban J connectivity index is 1.74. The fourth-order valence-corrected chi connectivity index (χ4v) is 6.63. The number of hydrogen-bond donors (Lipinski definition) is 1. The summed E-state index contributed by atoms with van der Waals surface area (Å²) in [6.45, 7) is 1.55. The number of nitrogens with one attached hydrogen (secondary N) is 1. The highest BCUT2D eigenvalue weighted by molar-refractivity contribution is 7.92. The zero-order chi connectivity index (χ0) is 29.6. The van der Waals surface area contributed by atoms with Crippen molar-refractivity contribution in [2.75, 3.05) is 17.1 Å². The number of sulfonamides is 1. The minimum absolute atomic E-state index is 0.0529. The van der Waals surface area contributed by atoms with E-state index in [4.69, 9.17) is 23.2 Å². The highest BCUT2D eigenvalue weighted by Crippen LogP contribution is 2.31. The van der Waals surface area contributed by atoms with E-state index in [9.17, 15) is 18.0 Å². The van der Waals surface area contributed by atoms with Gasteiger partial charge >= 0.3 is 0 Å². The van der Waals surface area contributed by atoms with Gasteiger partial charge in [-0.3, -0.25) is 13.9 Å². The van der Waals surface area contributed by atoms with Crippen LogP contribution in [0.5, 0.6) is 0 Å². The topological polar surface area (TPSA) is 86.8 Å². The maximum Gasteiger partial charge on any atom is 0.244 e. The zero-order valence-electron chi connectivity index (χ0n) is 23.2. The first-order valence-corrected chi connectivity index (χ1v) is 16.2. The van der Waals surface area contributed by atoms with Gasteiger partial charge in [0.15, 0.2) is 0 Å². The molecule has 0 heterocycles. The molecule has 0 aliphatic heterocycles. The summed E-state index contributed by atoms with van der Waals surface area (Å²) in [7, 11) is -3.93. The van der Waals surface area contributed by atoms with E-state index in [2.05, 4.69) is 5.32 Å². The van der Waals surface area contributed by atoms with Crippen molar-refractivity contribution in [1.82, 2.24) is 10.2 Å². The Morgan fingerprint density at radius 3 is 2.27 bits per heavy atom. The second-order valence-electron chi connectivity index (χ2n) is 10.6. The summed E-state index contributed by atoms with van der Waals surface area (Å²) in [5, 5.41) is 3.60. The first kappa shape index (κ1) is 30.9. The maximum absolute atomic E-state index is 14.2. The summed E-state index contributed by atoms with van der Waals surface area (Å²) >= 11 is 12.4. The highest BCUT2D eigenvalue weighted by Gasteiger charge is 2.34. The highest BCUT2D eigenvalue weighted by atomic mass is 35.5. The Bertz CT molecular complexity index is 1480. The van der Waals surface area contributed by atoms with E-state index in [0.717, 1.165) is 52.9 Å². The predicted molar refractivity (Wildman–Crippen MR) is 165 cm³/mol. The van der Waals surface area contributed by atoms with Gasteiger partial charge in [0.1, 0.15) is 12.6 Å². The largest absolute Gasteiger partial charge is 0.352 e. The molecular weight excluding hydrogens is 581 g/mol. The van der Waals surface area contributed by atoms with E-state index >= 15 is 0 Å². The maximum atomic E-state index is 14.2. The van der Waals surface area contributed by atoms with Crippen molar-refractivity contribution in [3.8, 4) is 0 Å². The average molecular weight is 617 g/mol. The van der Waals surface area contributed by atoms with Crippen molar-refractivity contribution in [3.05, 3.63) is 99.5 Å². The van der Waals surface area contributed by atoms with Gasteiger partial charge in [-0.1, -0.05) is 96.2 Å². The number of aryl methyl sites for hydroxylation is 1. The molecule has 4 rings (SSSR count). The number of rotatable bonds is 11. The molecule has 41 heavy (non-hydrogen) atoms. The number of amides is 2. The van der Waals surface area contributed by atoms with Crippen molar-refractivity contribution in [1.29, 1.82) is 0 Å². The summed E-state index contributed by atoms with van der Waals surface area (Å²) in [4.78, 5) is 29.6. The number of nitrogens with zero attached hydrogens (tertiary/aromatic N) is 2. The molecule has 1 atom stereocenters. The third-order valence-electron chi connectivity index (χ3n) is 7.27. The molecule has 1 fully saturated rings. The van der Waals surface area contributed by atoms with E-state index in [-0.39, 0.29) is 35.6 Å². The van der Waals surface area contributed by atoms with Crippen molar-refractivity contribution < 1.29 is 18.0 Å². The van der Waals surface area contributed by atoms with Crippen LogP contribution in [0.15, 0.2) is 72.8 Å². The van der Waals surface area contributed by atoms with Gasteiger partial charge in [-0.25, -0.2) is 8.42 Å². The molecule has 218 valence electrons. The van der Waals surface area contributed by atoms with Crippen molar-refractivity contribution >= 4 is 50.7 Å². The minimum atomic E-state index is -3.93. The van der Waals surface area contributed by atoms with Crippen molar-refractivity contribution in [2.45, 2.75) is 57.7 Å². The van der Waals surface area contributed by atoms with E-state index < -0.39 is 28.5 Å². The van der Waals surface area contributed by atoms with Crippen LogP contribution in [-0.4, -0.2) is 50.0 Å². The quantitative estimate of drug-likeness (QED) is 0.297. The first-order chi connectivity index (χ1) is 19.5. The fraction of sp³-hybridized carbons (Fsp3) is 0.355. The molecule has 1 aliphatic rings. The molecule has 1 N–H and O–H groups in total. The van der Waals surface area contributed by atoms with Gasteiger partial charge in [0.25, 0.3) is 0 Å². The van der Waals surface area contributed by atoms with Gasteiger partial charge in [-0.2, -0.15) is 0 Å². The Hall–Kier alpha value is -3.07. The molecule has 3 aromatic rings. The van der Waals surface area contributed by atoms with Crippen LogP contribution in [0.25, 0.3) is 0 Å². The summed E-state index contributed by atoms with van der Waals surface area (Å²) in [6, 6.07) is 20.8. The number of carbonyl (C=O) groups is 2. The number of anilines is 1. The first-order valence-electron chi connectivity index (χ1n) is 13.6. The standard InChI is InChI=1S/C31H35Cl2N3O4S/c1-22-9-8-12-24(17-22)20-35(30(37)21-36(41(2,39)40)28-16-15-25(32)19-27(28)33)29(18-23-10-4-3-5-11-23)31(38)34-26-13-6-7-14-26/h3-5,8-12,15-17,19,26,29H,6-7,13-14,18,20-21H2,1-2H3,(H,34,38). The van der Waals surface area contributed by atoms with Crippen LogP contribution >= 0.6 is 23.2 Å². The Kier molecular flexibility index (Phi) is 10.3. The van der Waals surface area contributed by atoms with Crippen LogP contribution in [0.2, 0.25) is 10.0 Å². The van der Waals surface area contributed by atoms with Gasteiger partial charge in [-0.15, -0.1) is 0 Å². The van der Waals surface area contributed by atoms with E-state index in [0.29, 0.717) is 5.02 Å². The van der Waals surface area contributed by atoms with Gasteiger partial charge in [0, 0.05) is 24.0 Å². The number of halogens is 2. The number of carbonyl (C=O) groups excluding carboxylic acids is 2. The normalized spacial score (nSPS) is 14.4. The van der Waals surface area contributed by atoms with Crippen LogP contribution in [0.3, 0.4) is 0 Å². The number of benzene rings is 3. The molecule has 1 aliphatic carbocycles. The molecule has 3 aromatic carbocycles. The van der Waals surface area contributed by atoms with Gasteiger partial charge < -0.3 is 10.2 Å². The molecule has 0 radical (unpaired) electrons. The minimum Gasteiger partial charge on any atom is -0.352 e. The van der Waals surface area contributed by atoms with Crippen LogP contribution < -0.4 is 9.62 Å². The molecule has 2 amide bonds. The van der Waals surface area contributed by atoms with Crippen LogP contribution in [0.1, 0.15) is 42.4 Å². The predicted octanol–water partition coefficient (Wildman–Crippen LogP) is 5.77. The van der Waals surface area contributed by atoms with Gasteiger partial charge in [0.2, 0.25) is 21.8 Å². The third-order valence-corrected chi connectivity index (χ3v) is 8.93. The fourth-order valence-electron chi connectivity index (χ4n) is 5.21. The summed E-state index contributed by atoms with van der Waals surface area (Å²) in [6.07, 6.45) is 5.18. The van der Waals surface area contributed by atoms with Crippen LogP contribution in [-0.2, 0) is 32.6 Å². The molecule has 7 nitrogen and oxygen atoms in total. The molecular formula is C31H35Cl2N3O4S. The molecule has 0 aromatic heterocycles. The Morgan fingerprint density at radius 1 is 0.951 bits per heavy atom. The molecule has 1 saturated carbocycles. The lowest BCUT2D eigenvalue weighted by Crippen LogP contribution is -2.54. The second-order valence-corrected chi connectivity index (χ2v) is 13.3. The average Bonchev–Trinajstić information content (AvgIpc) is 3.42. The second kappa shape index (κ2) is 13.7. The summed E-state index contributed by atoms with van der Waals surface area (Å²) in [5.74, 6) is -0.775. The monoisotopic (exact) mass is 615 g/mol. The Morgan fingerprint density at radius 2 is 1.63 bits per heavy atom. The van der Waals surface area contributed by atoms with Gasteiger partial charge in [0.05, 0.1) is 17.0 Å². The van der Waals surface area contributed by atoms with E-state index in [1.807, 2.05) is 61.5 Å². The lowest BCUT2D eigenvalue weighted by Gasteiger charge is -2.34. The van der Waals surface area contributed by atoms with Crippen LogP contribution in [0.4, 0.5) is 5.69 Å². The lowest BCUT2D eigenvalue weighted by atomic mass is 10.0.